The van der Waals surface area contributed by atoms with Crippen LogP contribution in [0.4, 0.5) is 5.69 Å². The van der Waals surface area contributed by atoms with E-state index < -0.39 is 0 Å². The lowest BCUT2D eigenvalue weighted by Gasteiger charge is -2.47. The van der Waals surface area contributed by atoms with Gasteiger partial charge in [0.2, 0.25) is 0 Å². The number of hydrogen-bond acceptors (Lipinski definition) is 2. The molecule has 1 fully saturated rings. The van der Waals surface area contributed by atoms with E-state index in [2.05, 4.69) is 72.0 Å². The van der Waals surface area contributed by atoms with Gasteiger partial charge in [-0.25, -0.2) is 0 Å². The van der Waals surface area contributed by atoms with Crippen molar-refractivity contribution in [3.05, 3.63) is 28.2 Å². The first kappa shape index (κ1) is 14.9. The lowest BCUT2D eigenvalue weighted by Crippen LogP contribution is -2.63. The van der Waals surface area contributed by atoms with Crippen molar-refractivity contribution in [3.8, 4) is 0 Å². The van der Waals surface area contributed by atoms with Gasteiger partial charge in [-0.15, -0.1) is 0 Å². The third kappa shape index (κ3) is 2.97. The summed E-state index contributed by atoms with van der Waals surface area (Å²) in [7, 11) is 0. The number of anilines is 1. The summed E-state index contributed by atoms with van der Waals surface area (Å²) in [5.74, 6) is 0. The van der Waals surface area contributed by atoms with E-state index in [0.717, 1.165) is 13.1 Å². The van der Waals surface area contributed by atoms with Crippen molar-refractivity contribution in [2.24, 2.45) is 0 Å². The SMILES string of the molecule is CCC1(CC)CN(c2ccc(C)c(Br)c2)C(C)CN1. The maximum Gasteiger partial charge on any atom is 0.0387 e. The molecular weight excluding hydrogens is 300 g/mol. The van der Waals surface area contributed by atoms with Crippen LogP contribution in [0.1, 0.15) is 39.2 Å². The van der Waals surface area contributed by atoms with Crippen LogP contribution in [-0.4, -0.2) is 24.7 Å². The van der Waals surface area contributed by atoms with Crippen molar-refractivity contribution in [2.75, 3.05) is 18.0 Å². The van der Waals surface area contributed by atoms with Crippen LogP contribution >= 0.6 is 15.9 Å². The van der Waals surface area contributed by atoms with E-state index in [0.29, 0.717) is 6.04 Å². The van der Waals surface area contributed by atoms with Crippen LogP contribution in [-0.2, 0) is 0 Å². The molecule has 1 aromatic carbocycles. The molecule has 1 saturated heterocycles. The zero-order valence-corrected chi connectivity index (χ0v) is 14.0. The summed E-state index contributed by atoms with van der Waals surface area (Å²) in [5, 5.41) is 3.75. The molecule has 1 heterocycles. The maximum atomic E-state index is 3.75. The molecule has 2 nitrogen and oxygen atoms in total. The highest BCUT2D eigenvalue weighted by atomic mass is 79.9. The highest BCUT2D eigenvalue weighted by Gasteiger charge is 2.35. The van der Waals surface area contributed by atoms with Crippen molar-refractivity contribution in [1.29, 1.82) is 0 Å². The molecule has 3 heteroatoms. The minimum atomic E-state index is 0.268. The van der Waals surface area contributed by atoms with Gasteiger partial charge in [0.1, 0.15) is 0 Å². The number of benzene rings is 1. The van der Waals surface area contributed by atoms with E-state index in [1.165, 1.54) is 28.6 Å². The lowest BCUT2D eigenvalue weighted by atomic mass is 9.88. The van der Waals surface area contributed by atoms with Gasteiger partial charge in [-0.3, -0.25) is 0 Å². The average molecular weight is 325 g/mol. The van der Waals surface area contributed by atoms with Gasteiger partial charge in [-0.05, 0) is 44.4 Å². The first-order valence-electron chi connectivity index (χ1n) is 7.29. The minimum Gasteiger partial charge on any atom is -0.366 e. The average Bonchev–Trinajstić information content (AvgIpc) is 2.43. The molecule has 2 rings (SSSR count). The van der Waals surface area contributed by atoms with Crippen molar-refractivity contribution < 1.29 is 0 Å². The normalized spacial score (nSPS) is 22.6. The van der Waals surface area contributed by atoms with Crippen LogP contribution in [0.3, 0.4) is 0 Å². The van der Waals surface area contributed by atoms with Crippen LogP contribution in [0.15, 0.2) is 22.7 Å². The van der Waals surface area contributed by atoms with Gasteiger partial charge in [0.15, 0.2) is 0 Å². The molecule has 106 valence electrons. The third-order valence-electron chi connectivity index (χ3n) is 4.62. The summed E-state index contributed by atoms with van der Waals surface area (Å²) >= 11 is 3.65. The second kappa shape index (κ2) is 5.84. The fourth-order valence-electron chi connectivity index (χ4n) is 2.84. The van der Waals surface area contributed by atoms with Crippen LogP contribution in [0.2, 0.25) is 0 Å². The Morgan fingerprint density at radius 1 is 1.37 bits per heavy atom. The van der Waals surface area contributed by atoms with E-state index in [1.54, 1.807) is 0 Å². The molecule has 0 aromatic heterocycles. The Morgan fingerprint density at radius 2 is 2.05 bits per heavy atom. The molecule has 0 bridgehead atoms. The van der Waals surface area contributed by atoms with Crippen molar-refractivity contribution in [1.82, 2.24) is 5.32 Å². The first-order valence-corrected chi connectivity index (χ1v) is 8.08. The van der Waals surface area contributed by atoms with Gasteiger partial charge in [-0.1, -0.05) is 35.8 Å². The monoisotopic (exact) mass is 324 g/mol. The number of hydrogen-bond donors (Lipinski definition) is 1. The van der Waals surface area contributed by atoms with Gasteiger partial charge in [0.05, 0.1) is 0 Å². The first-order chi connectivity index (χ1) is 9.01. The number of piperazine rings is 1. The Balaban J connectivity index is 2.28. The summed E-state index contributed by atoms with van der Waals surface area (Å²) in [5.41, 5.74) is 2.89. The van der Waals surface area contributed by atoms with E-state index in [4.69, 9.17) is 0 Å². The highest BCUT2D eigenvalue weighted by Crippen LogP contribution is 2.30. The van der Waals surface area contributed by atoms with Crippen LogP contribution in [0.25, 0.3) is 0 Å². The Kier molecular flexibility index (Phi) is 4.57. The van der Waals surface area contributed by atoms with E-state index >= 15 is 0 Å². The predicted octanol–water partition coefficient (Wildman–Crippen LogP) is 4.11. The molecule has 0 saturated carbocycles. The van der Waals surface area contributed by atoms with Gasteiger partial charge in [0, 0.05) is 34.8 Å². The Hall–Kier alpha value is -0.540. The largest absolute Gasteiger partial charge is 0.366 e. The van der Waals surface area contributed by atoms with E-state index in [-0.39, 0.29) is 5.54 Å². The van der Waals surface area contributed by atoms with Gasteiger partial charge in [-0.2, -0.15) is 0 Å². The number of halogens is 1. The summed E-state index contributed by atoms with van der Waals surface area (Å²) in [6.07, 6.45) is 2.36. The molecule has 1 unspecified atom stereocenters. The number of aryl methyl sites for hydroxylation is 1. The fourth-order valence-corrected chi connectivity index (χ4v) is 3.21. The number of nitrogens with zero attached hydrogens (tertiary/aromatic N) is 1. The predicted molar refractivity (Wildman–Crippen MR) is 87.0 cm³/mol. The molecule has 0 aliphatic carbocycles. The van der Waals surface area contributed by atoms with Crippen LogP contribution < -0.4 is 10.2 Å². The molecule has 0 amide bonds. The third-order valence-corrected chi connectivity index (χ3v) is 5.47. The van der Waals surface area contributed by atoms with Crippen LogP contribution in [0, 0.1) is 6.92 Å². The topological polar surface area (TPSA) is 15.3 Å². The molecule has 1 aliphatic heterocycles. The summed E-state index contributed by atoms with van der Waals surface area (Å²) < 4.78 is 1.20. The van der Waals surface area contributed by atoms with Gasteiger partial charge in [0.25, 0.3) is 0 Å². The second-order valence-corrected chi connectivity index (χ2v) is 6.63. The standard InChI is InChI=1S/C16H25BrN2/c1-5-16(6-2)11-19(13(4)10-18-16)14-8-7-12(3)15(17)9-14/h7-9,13,18H,5-6,10-11H2,1-4H3. The Bertz CT molecular complexity index is 440. The lowest BCUT2D eigenvalue weighted by molar-refractivity contribution is 0.254. The van der Waals surface area contributed by atoms with E-state index in [9.17, 15) is 0 Å². The molecular formula is C16H25BrN2. The fraction of sp³-hybridized carbons (Fsp3) is 0.625. The van der Waals surface area contributed by atoms with Gasteiger partial charge < -0.3 is 10.2 Å². The second-order valence-electron chi connectivity index (χ2n) is 5.78. The van der Waals surface area contributed by atoms with Gasteiger partial charge >= 0.3 is 0 Å². The zero-order chi connectivity index (χ0) is 14.0. The molecule has 1 aromatic rings. The molecule has 1 N–H and O–H groups in total. The smallest absolute Gasteiger partial charge is 0.0387 e. The molecule has 19 heavy (non-hydrogen) atoms. The molecule has 0 spiro atoms. The quantitative estimate of drug-likeness (QED) is 0.899. The van der Waals surface area contributed by atoms with Crippen LogP contribution in [0.5, 0.6) is 0 Å². The molecule has 1 atom stereocenters. The summed E-state index contributed by atoms with van der Waals surface area (Å²) in [6, 6.07) is 7.25. The summed E-state index contributed by atoms with van der Waals surface area (Å²) in [6.45, 7) is 11.2. The summed E-state index contributed by atoms with van der Waals surface area (Å²) in [4.78, 5) is 2.55. The van der Waals surface area contributed by atoms with Crippen molar-refractivity contribution in [3.63, 3.8) is 0 Å². The minimum absolute atomic E-state index is 0.268. The Morgan fingerprint density at radius 3 is 2.63 bits per heavy atom. The molecule has 1 aliphatic rings. The van der Waals surface area contributed by atoms with Crippen molar-refractivity contribution in [2.45, 2.75) is 52.1 Å². The number of rotatable bonds is 3. The highest BCUT2D eigenvalue weighted by molar-refractivity contribution is 9.10. The Labute approximate surface area is 125 Å². The maximum absolute atomic E-state index is 3.75. The molecule has 0 radical (unpaired) electrons. The number of nitrogens with one attached hydrogen (secondary N) is 1. The zero-order valence-electron chi connectivity index (χ0n) is 12.5. The van der Waals surface area contributed by atoms with Crippen molar-refractivity contribution >= 4 is 21.6 Å². The van der Waals surface area contributed by atoms with E-state index in [1.807, 2.05) is 0 Å².